The summed E-state index contributed by atoms with van der Waals surface area (Å²) in [4.78, 5) is 48.7. The summed E-state index contributed by atoms with van der Waals surface area (Å²) < 4.78 is 0. The van der Waals surface area contributed by atoms with Gasteiger partial charge in [-0.05, 0) is 6.92 Å². The van der Waals surface area contributed by atoms with Gasteiger partial charge in [-0.25, -0.2) is 0 Å². The van der Waals surface area contributed by atoms with Crippen LogP contribution < -0.4 is 5.32 Å². The quantitative estimate of drug-likeness (QED) is 0.575. The van der Waals surface area contributed by atoms with E-state index in [0.717, 1.165) is 4.90 Å². The van der Waals surface area contributed by atoms with Crippen LogP contribution in [0, 0.1) is 0 Å². The van der Waals surface area contributed by atoms with E-state index in [1.807, 2.05) is 0 Å². The molecule has 104 valence electrons. The third kappa shape index (κ3) is 2.30. The summed E-state index contributed by atoms with van der Waals surface area (Å²) in [5.74, 6) is -2.20. The van der Waals surface area contributed by atoms with Crippen LogP contribution in [0.2, 0.25) is 0 Å². The van der Waals surface area contributed by atoms with Crippen molar-refractivity contribution >= 4 is 23.7 Å². The average molecular weight is 269 g/mol. The molecule has 2 heterocycles. The Labute approximate surface area is 109 Å². The first kappa shape index (κ1) is 13.5. The normalized spacial score (nSPS) is 28.7. The molecule has 2 saturated heterocycles. The van der Waals surface area contributed by atoms with Crippen molar-refractivity contribution < 1.29 is 24.3 Å². The molecule has 2 fully saturated rings. The monoisotopic (exact) mass is 269 g/mol. The molecule has 8 heteroatoms. The zero-order valence-corrected chi connectivity index (χ0v) is 10.5. The lowest BCUT2D eigenvalue weighted by Gasteiger charge is -2.35. The second-order valence-corrected chi connectivity index (χ2v) is 4.53. The van der Waals surface area contributed by atoms with Gasteiger partial charge in [-0.1, -0.05) is 0 Å². The number of aliphatic carboxylic acids is 1. The van der Waals surface area contributed by atoms with Crippen molar-refractivity contribution in [2.24, 2.45) is 0 Å². The Hall–Kier alpha value is -1.96. The van der Waals surface area contributed by atoms with Gasteiger partial charge in [0.05, 0.1) is 19.0 Å². The molecule has 0 saturated carbocycles. The van der Waals surface area contributed by atoms with Gasteiger partial charge in [0, 0.05) is 13.1 Å². The summed E-state index contributed by atoms with van der Waals surface area (Å²) in [6, 6.07) is -1.82. The number of nitrogens with zero attached hydrogens (tertiary/aromatic N) is 2. The number of carbonyl (C=O) groups excluding carboxylic acids is 3. The SMILES string of the molecule is CCN1C(=O)CC(N2CC(=O)NCC2C(=O)O)C1=O. The molecule has 0 aromatic rings. The van der Waals surface area contributed by atoms with Gasteiger partial charge in [-0.15, -0.1) is 0 Å². The highest BCUT2D eigenvalue weighted by atomic mass is 16.4. The highest BCUT2D eigenvalue weighted by molar-refractivity contribution is 6.06. The van der Waals surface area contributed by atoms with E-state index in [0.29, 0.717) is 0 Å². The van der Waals surface area contributed by atoms with Crippen molar-refractivity contribution in [3.8, 4) is 0 Å². The van der Waals surface area contributed by atoms with Gasteiger partial charge in [0.2, 0.25) is 17.7 Å². The summed E-state index contributed by atoms with van der Waals surface area (Å²) in [7, 11) is 0. The largest absolute Gasteiger partial charge is 0.480 e. The Bertz CT molecular complexity index is 450. The smallest absolute Gasteiger partial charge is 0.322 e. The van der Waals surface area contributed by atoms with Crippen LogP contribution >= 0.6 is 0 Å². The molecular formula is C11H15N3O5. The predicted molar refractivity (Wildman–Crippen MR) is 61.9 cm³/mol. The minimum atomic E-state index is -1.12. The van der Waals surface area contributed by atoms with Crippen molar-refractivity contribution in [3.05, 3.63) is 0 Å². The number of hydrogen-bond donors (Lipinski definition) is 2. The summed E-state index contributed by atoms with van der Waals surface area (Å²) >= 11 is 0. The van der Waals surface area contributed by atoms with Crippen molar-refractivity contribution in [3.63, 3.8) is 0 Å². The number of piperazine rings is 1. The van der Waals surface area contributed by atoms with Gasteiger partial charge in [-0.3, -0.25) is 29.0 Å². The van der Waals surface area contributed by atoms with Crippen LogP contribution in [0.4, 0.5) is 0 Å². The predicted octanol–water partition coefficient (Wildman–Crippen LogP) is -1.98. The number of carboxylic acids is 1. The Morgan fingerprint density at radius 2 is 2.11 bits per heavy atom. The van der Waals surface area contributed by atoms with Crippen molar-refractivity contribution in [2.45, 2.75) is 25.4 Å². The first-order valence-electron chi connectivity index (χ1n) is 6.05. The topological polar surface area (TPSA) is 107 Å². The third-order valence-corrected chi connectivity index (χ3v) is 3.44. The highest BCUT2D eigenvalue weighted by Gasteiger charge is 2.46. The number of carbonyl (C=O) groups is 4. The number of amides is 3. The fourth-order valence-electron chi connectivity index (χ4n) is 2.47. The number of imide groups is 1. The van der Waals surface area contributed by atoms with E-state index < -0.39 is 24.0 Å². The number of carboxylic acid groups (broad SMARTS) is 1. The van der Waals surface area contributed by atoms with Crippen molar-refractivity contribution in [2.75, 3.05) is 19.6 Å². The molecule has 2 aliphatic heterocycles. The van der Waals surface area contributed by atoms with Crippen molar-refractivity contribution in [1.82, 2.24) is 15.1 Å². The van der Waals surface area contributed by atoms with E-state index in [4.69, 9.17) is 5.11 Å². The van der Waals surface area contributed by atoms with E-state index in [1.54, 1.807) is 6.92 Å². The average Bonchev–Trinajstić information content (AvgIpc) is 2.63. The molecule has 0 bridgehead atoms. The maximum Gasteiger partial charge on any atom is 0.322 e. The first-order chi connectivity index (χ1) is 8.95. The zero-order chi connectivity index (χ0) is 14.2. The minimum absolute atomic E-state index is 0.0573. The number of likely N-dealkylation sites (N-methyl/N-ethyl adjacent to an activating group) is 1. The Morgan fingerprint density at radius 1 is 1.42 bits per heavy atom. The van der Waals surface area contributed by atoms with Gasteiger partial charge >= 0.3 is 5.97 Å². The van der Waals surface area contributed by atoms with Crippen LogP contribution in [-0.2, 0) is 19.2 Å². The third-order valence-electron chi connectivity index (χ3n) is 3.44. The van der Waals surface area contributed by atoms with Crippen LogP contribution in [0.5, 0.6) is 0 Å². The van der Waals surface area contributed by atoms with Crippen LogP contribution in [-0.4, -0.2) is 70.3 Å². The van der Waals surface area contributed by atoms with Gasteiger partial charge < -0.3 is 10.4 Å². The van der Waals surface area contributed by atoms with E-state index in [-0.39, 0.29) is 37.9 Å². The summed E-state index contributed by atoms with van der Waals surface area (Å²) in [6.07, 6.45) is -0.0657. The molecule has 2 N–H and O–H groups in total. The summed E-state index contributed by atoms with van der Waals surface area (Å²) in [5, 5.41) is 11.6. The Kier molecular flexibility index (Phi) is 3.52. The van der Waals surface area contributed by atoms with E-state index in [1.165, 1.54) is 4.90 Å². The maximum absolute atomic E-state index is 12.1. The summed E-state index contributed by atoms with van der Waals surface area (Å²) in [6.45, 7) is 1.69. The van der Waals surface area contributed by atoms with Crippen LogP contribution in [0.3, 0.4) is 0 Å². The molecule has 0 aliphatic carbocycles. The maximum atomic E-state index is 12.1. The molecule has 2 atom stereocenters. The van der Waals surface area contributed by atoms with Crippen LogP contribution in [0.15, 0.2) is 0 Å². The molecule has 2 unspecified atom stereocenters. The van der Waals surface area contributed by atoms with E-state index in [2.05, 4.69) is 5.32 Å². The molecule has 8 nitrogen and oxygen atoms in total. The number of likely N-dealkylation sites (tertiary alicyclic amines) is 1. The molecule has 0 radical (unpaired) electrons. The van der Waals surface area contributed by atoms with Gasteiger partial charge in [0.1, 0.15) is 6.04 Å². The van der Waals surface area contributed by atoms with Gasteiger partial charge in [0.15, 0.2) is 0 Å². The molecule has 2 aliphatic rings. The summed E-state index contributed by atoms with van der Waals surface area (Å²) in [5.41, 5.74) is 0. The van der Waals surface area contributed by atoms with Crippen LogP contribution in [0.1, 0.15) is 13.3 Å². The molecule has 2 rings (SSSR count). The minimum Gasteiger partial charge on any atom is -0.480 e. The van der Waals surface area contributed by atoms with E-state index >= 15 is 0 Å². The molecule has 19 heavy (non-hydrogen) atoms. The lowest BCUT2D eigenvalue weighted by atomic mass is 10.1. The highest BCUT2D eigenvalue weighted by Crippen LogP contribution is 2.21. The fraction of sp³-hybridized carbons (Fsp3) is 0.636. The number of nitrogens with one attached hydrogen (secondary N) is 1. The van der Waals surface area contributed by atoms with Gasteiger partial charge in [0.25, 0.3) is 0 Å². The molecule has 0 spiro atoms. The zero-order valence-electron chi connectivity index (χ0n) is 10.5. The number of hydrogen-bond acceptors (Lipinski definition) is 5. The second-order valence-electron chi connectivity index (χ2n) is 4.53. The fourth-order valence-corrected chi connectivity index (χ4v) is 2.47. The Balaban J connectivity index is 2.23. The van der Waals surface area contributed by atoms with Crippen LogP contribution in [0.25, 0.3) is 0 Å². The van der Waals surface area contributed by atoms with E-state index in [9.17, 15) is 19.2 Å². The molecular weight excluding hydrogens is 254 g/mol. The Morgan fingerprint density at radius 3 is 2.63 bits per heavy atom. The van der Waals surface area contributed by atoms with Crippen molar-refractivity contribution in [1.29, 1.82) is 0 Å². The molecule has 0 aromatic carbocycles. The molecule has 0 aromatic heterocycles. The molecule has 3 amide bonds. The lowest BCUT2D eigenvalue weighted by molar-refractivity contribution is -0.149. The number of rotatable bonds is 3. The lowest BCUT2D eigenvalue weighted by Crippen LogP contribution is -2.61. The standard InChI is InChI=1S/C11H15N3O5/c1-2-13-9(16)3-6(10(13)17)14-5-8(15)12-4-7(14)11(18)19/h6-7H,2-5H2,1H3,(H,12,15)(H,18,19). The second kappa shape index (κ2) is 4.96. The first-order valence-corrected chi connectivity index (χ1v) is 6.05. The van der Waals surface area contributed by atoms with Gasteiger partial charge in [-0.2, -0.15) is 0 Å².